The number of aliphatic hydroxyl groups excluding tert-OH is 3. The summed E-state index contributed by atoms with van der Waals surface area (Å²) in [7, 11) is 1.06. The summed E-state index contributed by atoms with van der Waals surface area (Å²) >= 11 is 0. The molecule has 2 unspecified atom stereocenters. The topological polar surface area (TPSA) is 113 Å². The first-order valence-corrected chi connectivity index (χ1v) is 3.74. The molecule has 7 heteroatoms. The zero-order valence-corrected chi connectivity index (χ0v) is 7.54. The fraction of sp³-hybridized carbons (Fsp3) is 0.714. The average molecular weight is 208 g/mol. The Balaban J connectivity index is 4.18. The molecular weight excluding hydrogens is 196 g/mol. The molecule has 7 nitrogen and oxygen atoms in total. The maximum atomic E-state index is 10.8. The molecule has 0 saturated heterocycles. The van der Waals surface area contributed by atoms with E-state index in [1.165, 1.54) is 0 Å². The smallest absolute Gasteiger partial charge is 0.349 e. The second-order valence-electron chi connectivity index (χ2n) is 2.33. The molecule has 0 amide bonds. The number of methoxy groups -OCH3 is 1. The van der Waals surface area contributed by atoms with Gasteiger partial charge < -0.3 is 24.8 Å². The number of aliphatic hydroxyl groups is 3. The molecular formula is C7H12O7. The molecule has 82 valence electrons. The monoisotopic (exact) mass is 208 g/mol. The summed E-state index contributed by atoms with van der Waals surface area (Å²) in [4.78, 5) is 21.6. The largest absolute Gasteiger partial charge is 0.466 e. The van der Waals surface area contributed by atoms with Gasteiger partial charge in [-0.3, -0.25) is 0 Å². The van der Waals surface area contributed by atoms with Gasteiger partial charge in [0.05, 0.1) is 20.3 Å². The van der Waals surface area contributed by atoms with Gasteiger partial charge in [-0.2, -0.15) is 0 Å². The number of hydrogen-bond donors (Lipinski definition) is 3. The highest BCUT2D eigenvalue weighted by Gasteiger charge is 2.26. The van der Waals surface area contributed by atoms with Gasteiger partial charge in [-0.1, -0.05) is 0 Å². The summed E-state index contributed by atoms with van der Waals surface area (Å²) < 4.78 is 8.53. The number of rotatable bonds is 5. The minimum Gasteiger partial charge on any atom is -0.466 e. The first kappa shape index (κ1) is 12.8. The summed E-state index contributed by atoms with van der Waals surface area (Å²) in [5.74, 6) is -2.14. The normalized spacial score (nSPS) is 14.3. The molecule has 3 N–H and O–H groups in total. The second-order valence-corrected chi connectivity index (χ2v) is 2.33. The highest BCUT2D eigenvalue weighted by atomic mass is 16.6. The van der Waals surface area contributed by atoms with E-state index in [0.717, 1.165) is 7.11 Å². The van der Waals surface area contributed by atoms with Gasteiger partial charge in [0.25, 0.3) is 0 Å². The van der Waals surface area contributed by atoms with E-state index >= 15 is 0 Å². The minimum atomic E-state index is -1.73. The average Bonchev–Trinajstić information content (AvgIpc) is 2.22. The first-order valence-electron chi connectivity index (χ1n) is 3.74. The Bertz CT molecular complexity index is 202. The van der Waals surface area contributed by atoms with Gasteiger partial charge in [-0.05, 0) is 0 Å². The van der Waals surface area contributed by atoms with Crippen molar-refractivity contribution in [3.63, 3.8) is 0 Å². The van der Waals surface area contributed by atoms with Crippen LogP contribution in [0.5, 0.6) is 0 Å². The first-order chi connectivity index (χ1) is 6.56. The van der Waals surface area contributed by atoms with Crippen molar-refractivity contribution in [1.29, 1.82) is 0 Å². The van der Waals surface area contributed by atoms with E-state index in [2.05, 4.69) is 9.47 Å². The Morgan fingerprint density at radius 2 is 1.79 bits per heavy atom. The maximum absolute atomic E-state index is 10.8. The number of esters is 2. The lowest BCUT2D eigenvalue weighted by atomic mass is 10.3. The Morgan fingerprint density at radius 3 is 2.14 bits per heavy atom. The van der Waals surface area contributed by atoms with E-state index in [1.54, 1.807) is 0 Å². The van der Waals surface area contributed by atoms with Crippen molar-refractivity contribution in [1.82, 2.24) is 0 Å². The van der Waals surface area contributed by atoms with Crippen molar-refractivity contribution in [2.75, 3.05) is 20.3 Å². The van der Waals surface area contributed by atoms with Gasteiger partial charge in [-0.15, -0.1) is 0 Å². The third kappa shape index (κ3) is 3.69. The number of carbonyl (C=O) groups is 2. The van der Waals surface area contributed by atoms with Gasteiger partial charge in [0, 0.05) is 0 Å². The van der Waals surface area contributed by atoms with Crippen LogP contribution in [0.25, 0.3) is 0 Å². The van der Waals surface area contributed by atoms with Crippen molar-refractivity contribution in [2.24, 2.45) is 0 Å². The van der Waals surface area contributed by atoms with Gasteiger partial charge in [-0.25, -0.2) is 9.59 Å². The van der Waals surface area contributed by atoms with E-state index < -0.39 is 37.4 Å². The molecule has 2 atom stereocenters. The molecule has 0 aromatic heterocycles. The third-order valence-electron chi connectivity index (χ3n) is 1.33. The van der Waals surface area contributed by atoms with Crippen LogP contribution >= 0.6 is 0 Å². The van der Waals surface area contributed by atoms with E-state index in [-0.39, 0.29) is 0 Å². The van der Waals surface area contributed by atoms with E-state index in [0.29, 0.717) is 0 Å². The minimum absolute atomic E-state index is 0.753. The highest BCUT2D eigenvalue weighted by molar-refractivity contribution is 5.81. The molecule has 0 aliphatic carbocycles. The van der Waals surface area contributed by atoms with Crippen LogP contribution in [-0.2, 0) is 19.1 Å². The van der Waals surface area contributed by atoms with Crippen LogP contribution in [-0.4, -0.2) is 59.8 Å². The van der Waals surface area contributed by atoms with Crippen molar-refractivity contribution in [2.45, 2.75) is 12.2 Å². The number of ether oxygens (including phenoxy) is 2. The van der Waals surface area contributed by atoms with Crippen LogP contribution in [0.4, 0.5) is 0 Å². The van der Waals surface area contributed by atoms with Crippen molar-refractivity contribution in [3.8, 4) is 0 Å². The lowest BCUT2D eigenvalue weighted by Crippen LogP contribution is -2.37. The van der Waals surface area contributed by atoms with Crippen LogP contribution in [0.15, 0.2) is 0 Å². The van der Waals surface area contributed by atoms with Crippen molar-refractivity contribution in [3.05, 3.63) is 0 Å². The van der Waals surface area contributed by atoms with Crippen LogP contribution < -0.4 is 0 Å². The standard InChI is InChI=1S/C7H12O7/c1-13-7(12)5(3-9)14-6(11)4(10)2-8/h4-5,8-10H,2-3H2,1H3. The fourth-order valence-corrected chi connectivity index (χ4v) is 0.585. The van der Waals surface area contributed by atoms with Gasteiger partial charge in [0.15, 0.2) is 6.10 Å². The SMILES string of the molecule is COC(=O)C(CO)OC(=O)C(O)CO. The van der Waals surface area contributed by atoms with Crippen LogP contribution in [0.2, 0.25) is 0 Å². The fourth-order valence-electron chi connectivity index (χ4n) is 0.585. The number of hydrogen-bond acceptors (Lipinski definition) is 7. The zero-order chi connectivity index (χ0) is 11.1. The summed E-state index contributed by atoms with van der Waals surface area (Å²) in [6, 6.07) is 0. The third-order valence-corrected chi connectivity index (χ3v) is 1.33. The van der Waals surface area contributed by atoms with Crippen LogP contribution in [0.1, 0.15) is 0 Å². The lowest BCUT2D eigenvalue weighted by molar-refractivity contribution is -0.175. The second kappa shape index (κ2) is 6.30. The predicted octanol–water partition coefficient (Wildman–Crippen LogP) is -2.58. The molecule has 0 radical (unpaired) electrons. The Morgan fingerprint density at radius 1 is 1.21 bits per heavy atom. The predicted molar refractivity (Wildman–Crippen MR) is 42.1 cm³/mol. The summed E-state index contributed by atoms with van der Waals surface area (Å²) in [6.07, 6.45) is -3.21. The molecule has 14 heavy (non-hydrogen) atoms. The molecule has 0 rings (SSSR count). The van der Waals surface area contributed by atoms with Gasteiger partial charge in [0.1, 0.15) is 0 Å². The lowest BCUT2D eigenvalue weighted by Gasteiger charge is -2.14. The van der Waals surface area contributed by atoms with Gasteiger partial charge in [0.2, 0.25) is 6.10 Å². The zero-order valence-electron chi connectivity index (χ0n) is 7.54. The Hall–Kier alpha value is -1.18. The van der Waals surface area contributed by atoms with Crippen LogP contribution in [0.3, 0.4) is 0 Å². The summed E-state index contributed by atoms with van der Waals surface area (Å²) in [5.41, 5.74) is 0. The molecule has 0 bridgehead atoms. The molecule has 0 saturated carbocycles. The molecule has 0 heterocycles. The Kier molecular flexibility index (Phi) is 5.77. The molecule has 0 aromatic rings. The quantitative estimate of drug-likeness (QED) is 0.425. The molecule has 0 aliphatic rings. The molecule has 0 aliphatic heterocycles. The molecule has 0 fully saturated rings. The van der Waals surface area contributed by atoms with E-state index in [9.17, 15) is 9.59 Å². The highest BCUT2D eigenvalue weighted by Crippen LogP contribution is 1.97. The maximum Gasteiger partial charge on any atom is 0.349 e. The Labute approximate surface area is 79.9 Å². The molecule has 0 spiro atoms. The van der Waals surface area contributed by atoms with Crippen molar-refractivity contribution < 1.29 is 34.4 Å². The van der Waals surface area contributed by atoms with Gasteiger partial charge >= 0.3 is 11.9 Å². The van der Waals surface area contributed by atoms with Crippen LogP contribution in [0, 0.1) is 0 Å². The number of carbonyl (C=O) groups excluding carboxylic acids is 2. The summed E-state index contributed by atoms with van der Waals surface area (Å²) in [6.45, 7) is -1.57. The summed E-state index contributed by atoms with van der Waals surface area (Å²) in [5, 5.41) is 25.7. The van der Waals surface area contributed by atoms with Crippen molar-refractivity contribution >= 4 is 11.9 Å². The van der Waals surface area contributed by atoms with E-state index in [4.69, 9.17) is 15.3 Å². The molecule has 0 aromatic carbocycles. The van der Waals surface area contributed by atoms with E-state index in [1.807, 2.05) is 0 Å².